The first-order chi connectivity index (χ1) is 13.9. The molecule has 1 saturated heterocycles. The van der Waals surface area contributed by atoms with E-state index in [1.54, 1.807) is 27.4 Å². The van der Waals surface area contributed by atoms with Crippen LogP contribution in [0.3, 0.4) is 0 Å². The van der Waals surface area contributed by atoms with E-state index in [0.29, 0.717) is 30.0 Å². The number of nitrogens with zero attached hydrogens (tertiary/aromatic N) is 4. The minimum absolute atomic E-state index is 0.0644. The SMILES string of the molecule is COc1ccc(CC(=O)N2CCCCC2c2ncc(C(=O)N(C)C)c(C)n2)cc1. The van der Waals surface area contributed by atoms with E-state index in [2.05, 4.69) is 9.97 Å². The number of likely N-dealkylation sites (tertiary alicyclic amines) is 1. The summed E-state index contributed by atoms with van der Waals surface area (Å²) < 4.78 is 5.18. The van der Waals surface area contributed by atoms with Gasteiger partial charge >= 0.3 is 0 Å². The molecule has 154 valence electrons. The van der Waals surface area contributed by atoms with Crippen molar-refractivity contribution in [3.8, 4) is 5.75 Å². The van der Waals surface area contributed by atoms with Gasteiger partial charge in [-0.1, -0.05) is 12.1 Å². The predicted molar refractivity (Wildman–Crippen MR) is 110 cm³/mol. The molecule has 1 fully saturated rings. The van der Waals surface area contributed by atoms with Gasteiger partial charge in [0.1, 0.15) is 5.75 Å². The maximum absolute atomic E-state index is 13.0. The van der Waals surface area contributed by atoms with Gasteiger partial charge in [0.05, 0.1) is 30.8 Å². The Morgan fingerprint density at radius 1 is 1.21 bits per heavy atom. The quantitative estimate of drug-likeness (QED) is 0.777. The Hall–Kier alpha value is -2.96. The summed E-state index contributed by atoms with van der Waals surface area (Å²) in [6.07, 6.45) is 4.74. The standard InChI is InChI=1S/C22H28N4O3/c1-15-18(22(28)25(2)3)14-23-21(24-15)19-7-5-6-12-26(19)20(27)13-16-8-10-17(29-4)11-9-16/h8-11,14,19H,5-7,12-13H2,1-4H3. The third-order valence-corrected chi connectivity index (χ3v) is 5.27. The smallest absolute Gasteiger partial charge is 0.256 e. The lowest BCUT2D eigenvalue weighted by Crippen LogP contribution is -2.40. The van der Waals surface area contributed by atoms with Gasteiger partial charge in [0.25, 0.3) is 5.91 Å². The maximum Gasteiger partial charge on any atom is 0.256 e. The van der Waals surface area contributed by atoms with Crippen molar-refractivity contribution in [1.29, 1.82) is 0 Å². The highest BCUT2D eigenvalue weighted by molar-refractivity contribution is 5.94. The third-order valence-electron chi connectivity index (χ3n) is 5.27. The third kappa shape index (κ3) is 4.72. The molecule has 3 rings (SSSR count). The van der Waals surface area contributed by atoms with Crippen molar-refractivity contribution < 1.29 is 14.3 Å². The van der Waals surface area contributed by atoms with Crippen molar-refractivity contribution in [3.05, 3.63) is 53.1 Å². The fourth-order valence-electron chi connectivity index (χ4n) is 3.61. The second kappa shape index (κ2) is 9.03. The molecule has 0 aliphatic carbocycles. The molecule has 0 radical (unpaired) electrons. The van der Waals surface area contributed by atoms with Crippen LogP contribution in [0, 0.1) is 6.92 Å². The normalized spacial score (nSPS) is 16.4. The lowest BCUT2D eigenvalue weighted by atomic mass is 9.99. The molecule has 7 heteroatoms. The number of amides is 2. The van der Waals surface area contributed by atoms with E-state index in [9.17, 15) is 9.59 Å². The van der Waals surface area contributed by atoms with Crippen LogP contribution in [-0.2, 0) is 11.2 Å². The molecule has 29 heavy (non-hydrogen) atoms. The van der Waals surface area contributed by atoms with E-state index in [-0.39, 0.29) is 17.9 Å². The van der Waals surface area contributed by atoms with Crippen LogP contribution in [-0.4, -0.2) is 59.3 Å². The number of hydrogen-bond donors (Lipinski definition) is 0. The number of benzene rings is 1. The zero-order valence-electron chi connectivity index (χ0n) is 17.5. The van der Waals surface area contributed by atoms with Crippen LogP contribution in [0.15, 0.2) is 30.5 Å². The topological polar surface area (TPSA) is 75.6 Å². The predicted octanol–water partition coefficient (Wildman–Crippen LogP) is 2.79. The average molecular weight is 396 g/mol. The van der Waals surface area contributed by atoms with Crippen LogP contribution in [0.1, 0.15) is 52.7 Å². The van der Waals surface area contributed by atoms with Gasteiger partial charge in [-0.15, -0.1) is 0 Å². The molecule has 0 spiro atoms. The largest absolute Gasteiger partial charge is 0.497 e. The first kappa shape index (κ1) is 20.8. The van der Waals surface area contributed by atoms with Crippen LogP contribution in [0.5, 0.6) is 5.75 Å². The van der Waals surface area contributed by atoms with E-state index in [4.69, 9.17) is 4.74 Å². The first-order valence-corrected chi connectivity index (χ1v) is 9.88. The van der Waals surface area contributed by atoms with Crippen molar-refractivity contribution in [1.82, 2.24) is 19.8 Å². The number of hydrogen-bond acceptors (Lipinski definition) is 5. The van der Waals surface area contributed by atoms with Gasteiger partial charge in [-0.3, -0.25) is 9.59 Å². The minimum Gasteiger partial charge on any atom is -0.497 e. The first-order valence-electron chi connectivity index (χ1n) is 9.88. The van der Waals surface area contributed by atoms with Crippen molar-refractivity contribution in [2.24, 2.45) is 0 Å². The summed E-state index contributed by atoms with van der Waals surface area (Å²) >= 11 is 0. The Morgan fingerprint density at radius 3 is 2.55 bits per heavy atom. The molecule has 0 saturated carbocycles. The molecule has 1 aliphatic heterocycles. The lowest BCUT2D eigenvalue weighted by molar-refractivity contribution is -0.134. The summed E-state index contributed by atoms with van der Waals surface area (Å²) in [5, 5.41) is 0. The molecule has 1 aromatic heterocycles. The molecule has 0 bridgehead atoms. The van der Waals surface area contributed by atoms with E-state index in [1.165, 1.54) is 4.90 Å². The Kier molecular flexibility index (Phi) is 6.46. The number of carbonyl (C=O) groups is 2. The van der Waals surface area contributed by atoms with Crippen LogP contribution in [0.25, 0.3) is 0 Å². The minimum atomic E-state index is -0.156. The van der Waals surface area contributed by atoms with E-state index in [0.717, 1.165) is 30.6 Å². The summed E-state index contributed by atoms with van der Waals surface area (Å²) in [6, 6.07) is 7.40. The van der Waals surface area contributed by atoms with Crippen molar-refractivity contribution >= 4 is 11.8 Å². The molecule has 2 aromatic rings. The Labute approximate surface area is 171 Å². The molecule has 0 N–H and O–H groups in total. The number of rotatable bonds is 5. The molecular weight excluding hydrogens is 368 g/mol. The van der Waals surface area contributed by atoms with Crippen molar-refractivity contribution in [3.63, 3.8) is 0 Å². The number of aromatic nitrogens is 2. The number of aryl methyl sites for hydroxylation is 1. The molecule has 2 heterocycles. The van der Waals surface area contributed by atoms with E-state index < -0.39 is 0 Å². The van der Waals surface area contributed by atoms with Gasteiger partial charge in [-0.2, -0.15) is 0 Å². The fourth-order valence-corrected chi connectivity index (χ4v) is 3.61. The second-order valence-electron chi connectivity index (χ2n) is 7.55. The van der Waals surface area contributed by atoms with Crippen molar-refractivity contribution in [2.75, 3.05) is 27.7 Å². The zero-order valence-corrected chi connectivity index (χ0v) is 17.5. The zero-order chi connectivity index (χ0) is 21.0. The monoisotopic (exact) mass is 396 g/mol. The van der Waals surface area contributed by atoms with Crippen LogP contribution >= 0.6 is 0 Å². The molecule has 1 unspecified atom stereocenters. The highest BCUT2D eigenvalue weighted by Gasteiger charge is 2.30. The fraction of sp³-hybridized carbons (Fsp3) is 0.455. The highest BCUT2D eigenvalue weighted by atomic mass is 16.5. The van der Waals surface area contributed by atoms with Gasteiger partial charge in [-0.25, -0.2) is 9.97 Å². The number of piperidine rings is 1. The van der Waals surface area contributed by atoms with Crippen molar-refractivity contribution in [2.45, 2.75) is 38.6 Å². The summed E-state index contributed by atoms with van der Waals surface area (Å²) in [5.41, 5.74) is 2.08. The second-order valence-corrected chi connectivity index (χ2v) is 7.55. The lowest BCUT2D eigenvalue weighted by Gasteiger charge is -2.35. The van der Waals surface area contributed by atoms with Gasteiger partial charge in [0, 0.05) is 26.8 Å². The van der Waals surface area contributed by atoms with Crippen LogP contribution in [0.4, 0.5) is 0 Å². The molecule has 1 atom stereocenters. The highest BCUT2D eigenvalue weighted by Crippen LogP contribution is 2.30. The number of methoxy groups -OCH3 is 1. The van der Waals surface area contributed by atoms with Crippen LogP contribution < -0.4 is 4.74 Å². The Balaban J connectivity index is 1.79. The summed E-state index contributed by atoms with van der Waals surface area (Å²) in [4.78, 5) is 37.7. The Morgan fingerprint density at radius 2 is 1.93 bits per heavy atom. The molecule has 7 nitrogen and oxygen atoms in total. The van der Waals surface area contributed by atoms with Gasteiger partial charge in [0.15, 0.2) is 5.82 Å². The van der Waals surface area contributed by atoms with E-state index >= 15 is 0 Å². The molecule has 1 aliphatic rings. The summed E-state index contributed by atoms with van der Waals surface area (Å²) in [7, 11) is 5.03. The van der Waals surface area contributed by atoms with Crippen LogP contribution in [0.2, 0.25) is 0 Å². The van der Waals surface area contributed by atoms with Gasteiger partial charge in [0.2, 0.25) is 5.91 Å². The number of carbonyl (C=O) groups excluding carboxylic acids is 2. The Bertz CT molecular complexity index is 880. The average Bonchev–Trinajstić information content (AvgIpc) is 2.73. The molecule has 2 amide bonds. The molecule has 1 aromatic carbocycles. The molecular formula is C22H28N4O3. The number of ether oxygens (including phenoxy) is 1. The van der Waals surface area contributed by atoms with Gasteiger partial charge in [-0.05, 0) is 43.9 Å². The maximum atomic E-state index is 13.0. The summed E-state index contributed by atoms with van der Waals surface area (Å²) in [6.45, 7) is 2.51. The van der Waals surface area contributed by atoms with Gasteiger partial charge < -0.3 is 14.5 Å². The van der Waals surface area contributed by atoms with E-state index in [1.807, 2.05) is 36.1 Å². The summed E-state index contributed by atoms with van der Waals surface area (Å²) in [5.74, 6) is 1.33.